The molecular weight excluding hydrogens is 571 g/mol. The first-order valence-electron chi connectivity index (χ1n) is 17.5. The first-order chi connectivity index (χ1) is 23.1. The van der Waals surface area contributed by atoms with Crippen LogP contribution in [0.5, 0.6) is 0 Å². The number of fused-ring (bicyclic) bond motifs is 12. The number of para-hydroxylation sites is 1. The molecule has 2 bridgehead atoms. The smallest absolute Gasteiger partial charge is 0.137 e. The van der Waals surface area contributed by atoms with E-state index < -0.39 is 0 Å². The van der Waals surface area contributed by atoms with Crippen molar-refractivity contribution >= 4 is 49.8 Å². The van der Waals surface area contributed by atoms with E-state index in [2.05, 4.69) is 146 Å². The van der Waals surface area contributed by atoms with E-state index in [9.17, 15) is 0 Å². The molecule has 0 N–H and O–H groups in total. The maximum Gasteiger partial charge on any atom is 0.137 e. The second-order valence-electron chi connectivity index (χ2n) is 14.7. The fraction of sp³-hybridized carbons (Fsp3) is 0.244. The van der Waals surface area contributed by atoms with Crippen LogP contribution in [0.15, 0.2) is 132 Å². The van der Waals surface area contributed by atoms with Gasteiger partial charge in [0.15, 0.2) is 0 Å². The summed E-state index contributed by atoms with van der Waals surface area (Å²) < 4.78 is 6.51. The molecule has 5 unspecified atom stereocenters. The third-order valence-corrected chi connectivity index (χ3v) is 12.1. The van der Waals surface area contributed by atoms with Crippen molar-refractivity contribution in [1.82, 2.24) is 0 Å². The summed E-state index contributed by atoms with van der Waals surface area (Å²) in [5, 5.41) is 4.83. The summed E-state index contributed by atoms with van der Waals surface area (Å²) in [6, 6.07) is 47.3. The van der Waals surface area contributed by atoms with Crippen LogP contribution in [0, 0.1) is 23.7 Å². The molecule has 1 spiro atoms. The first kappa shape index (κ1) is 27.3. The van der Waals surface area contributed by atoms with Gasteiger partial charge >= 0.3 is 0 Å². The van der Waals surface area contributed by atoms with Crippen LogP contribution in [0.2, 0.25) is 0 Å². The van der Waals surface area contributed by atoms with Crippen molar-refractivity contribution in [3.63, 3.8) is 0 Å². The Morgan fingerprint density at radius 2 is 1.32 bits per heavy atom. The van der Waals surface area contributed by atoms with Gasteiger partial charge in [0.05, 0.1) is 11.4 Å². The average molecular weight is 610 g/mol. The summed E-state index contributed by atoms with van der Waals surface area (Å²) in [5.41, 5.74) is 11.4. The molecule has 1 heterocycles. The zero-order chi connectivity index (χ0) is 31.3. The molecular formula is C45H39NO. The van der Waals surface area contributed by atoms with E-state index in [4.69, 9.17) is 4.42 Å². The zero-order valence-electron chi connectivity index (χ0n) is 27.1. The third kappa shape index (κ3) is 3.79. The van der Waals surface area contributed by atoms with Crippen LogP contribution in [-0.4, -0.2) is 0 Å². The normalized spacial score (nSPS) is 24.6. The van der Waals surface area contributed by atoms with Crippen molar-refractivity contribution in [2.24, 2.45) is 23.7 Å². The average Bonchev–Trinajstić information content (AvgIpc) is 3.62. The molecule has 2 nitrogen and oxygen atoms in total. The molecule has 47 heavy (non-hydrogen) atoms. The van der Waals surface area contributed by atoms with Gasteiger partial charge < -0.3 is 9.32 Å². The lowest BCUT2D eigenvalue weighted by atomic mass is 9.49. The van der Waals surface area contributed by atoms with Crippen molar-refractivity contribution in [2.75, 3.05) is 4.90 Å². The van der Waals surface area contributed by atoms with Gasteiger partial charge in [0.1, 0.15) is 11.2 Å². The van der Waals surface area contributed by atoms with Crippen molar-refractivity contribution in [1.29, 1.82) is 0 Å². The van der Waals surface area contributed by atoms with Gasteiger partial charge in [0.2, 0.25) is 0 Å². The van der Waals surface area contributed by atoms with Crippen LogP contribution in [0.4, 0.5) is 17.1 Å². The number of furan rings is 1. The lowest BCUT2D eigenvalue weighted by Gasteiger charge is -2.55. The highest BCUT2D eigenvalue weighted by atomic mass is 16.3. The Balaban J connectivity index is 1.29. The van der Waals surface area contributed by atoms with E-state index in [1.165, 1.54) is 64.5 Å². The van der Waals surface area contributed by atoms with Gasteiger partial charge in [0.25, 0.3) is 0 Å². The largest absolute Gasteiger partial charge is 0.456 e. The minimum atomic E-state index is -0.0278. The fourth-order valence-corrected chi connectivity index (χ4v) is 10.6. The molecule has 3 aliphatic carbocycles. The van der Waals surface area contributed by atoms with E-state index in [0.29, 0.717) is 11.8 Å². The van der Waals surface area contributed by atoms with Crippen LogP contribution in [0.1, 0.15) is 50.7 Å². The SMILES string of the molecule is CC1CC2CC(C)C3(c4ccccc4-c4cccc(N(c5ccc6c(c5)oc5ccccc56)c5cccc6ccccc56)c43)C(C1)C2. The van der Waals surface area contributed by atoms with Gasteiger partial charge in [-0.25, -0.2) is 0 Å². The Morgan fingerprint density at radius 1 is 0.596 bits per heavy atom. The van der Waals surface area contributed by atoms with Crippen LogP contribution in [0.3, 0.4) is 0 Å². The van der Waals surface area contributed by atoms with Gasteiger partial charge in [-0.2, -0.15) is 0 Å². The molecule has 2 heteroatoms. The summed E-state index contributed by atoms with van der Waals surface area (Å²) in [7, 11) is 0. The van der Waals surface area contributed by atoms with Crippen LogP contribution in [0.25, 0.3) is 43.8 Å². The maximum absolute atomic E-state index is 6.51. The molecule has 1 aromatic heterocycles. The summed E-state index contributed by atoms with van der Waals surface area (Å²) in [6.45, 7) is 5.07. The zero-order valence-corrected chi connectivity index (χ0v) is 27.1. The topological polar surface area (TPSA) is 16.4 Å². The molecule has 0 radical (unpaired) electrons. The van der Waals surface area contributed by atoms with Crippen molar-refractivity contribution in [3.05, 3.63) is 139 Å². The summed E-state index contributed by atoms with van der Waals surface area (Å²) in [5.74, 6) is 2.76. The Hall–Kier alpha value is -4.82. The summed E-state index contributed by atoms with van der Waals surface area (Å²) >= 11 is 0. The second kappa shape index (κ2) is 10.1. The number of anilines is 3. The number of hydrogen-bond donors (Lipinski definition) is 0. The Bertz CT molecular complexity index is 2340. The molecule has 2 fully saturated rings. The molecule has 0 aliphatic heterocycles. The molecule has 6 aromatic carbocycles. The standard InChI is InChI=1S/C45H39NO/c1-28-23-30-25-29(2)45(32(24-28)26-30)39-17-7-5-14-35(39)38-16-10-19-41(44(38)45)46(40-18-9-12-31-11-3-4-13-34(31)40)33-21-22-37-36-15-6-8-20-42(36)47-43(37)27-33/h3-22,27-30,32H,23-26H2,1-2H3. The van der Waals surface area contributed by atoms with Crippen LogP contribution in [-0.2, 0) is 5.41 Å². The van der Waals surface area contributed by atoms with Crippen molar-refractivity contribution in [3.8, 4) is 11.1 Å². The van der Waals surface area contributed by atoms with Gasteiger partial charge in [-0.05, 0) is 107 Å². The van der Waals surface area contributed by atoms with Crippen LogP contribution >= 0.6 is 0 Å². The molecule has 0 saturated heterocycles. The highest BCUT2D eigenvalue weighted by Crippen LogP contribution is 2.66. The lowest BCUT2D eigenvalue weighted by molar-refractivity contribution is 0.0429. The highest BCUT2D eigenvalue weighted by Gasteiger charge is 2.57. The Kier molecular flexibility index (Phi) is 5.86. The number of nitrogens with zero attached hydrogens (tertiary/aromatic N) is 1. The lowest BCUT2D eigenvalue weighted by Crippen LogP contribution is -2.49. The van der Waals surface area contributed by atoms with E-state index in [1.807, 2.05) is 0 Å². The maximum atomic E-state index is 6.51. The predicted octanol–water partition coefficient (Wildman–Crippen LogP) is 12.6. The monoisotopic (exact) mass is 609 g/mol. The van der Waals surface area contributed by atoms with Gasteiger partial charge in [-0.3, -0.25) is 0 Å². The molecule has 7 aromatic rings. The predicted molar refractivity (Wildman–Crippen MR) is 196 cm³/mol. The summed E-state index contributed by atoms with van der Waals surface area (Å²) in [4.78, 5) is 2.56. The fourth-order valence-electron chi connectivity index (χ4n) is 10.6. The number of benzene rings is 6. The molecule has 0 amide bonds. The van der Waals surface area contributed by atoms with E-state index in [-0.39, 0.29) is 5.41 Å². The third-order valence-electron chi connectivity index (χ3n) is 12.1. The van der Waals surface area contributed by atoms with Gasteiger partial charge in [-0.1, -0.05) is 105 Å². The number of rotatable bonds is 3. The second-order valence-corrected chi connectivity index (χ2v) is 14.7. The van der Waals surface area contributed by atoms with Crippen molar-refractivity contribution in [2.45, 2.75) is 44.9 Å². The minimum Gasteiger partial charge on any atom is -0.456 e. The van der Waals surface area contributed by atoms with Gasteiger partial charge in [0, 0.05) is 33.3 Å². The molecule has 10 rings (SSSR count). The highest BCUT2D eigenvalue weighted by molar-refractivity contribution is 6.07. The van der Waals surface area contributed by atoms with Gasteiger partial charge in [-0.15, -0.1) is 0 Å². The first-order valence-corrected chi connectivity index (χ1v) is 17.5. The van der Waals surface area contributed by atoms with Crippen molar-refractivity contribution < 1.29 is 4.42 Å². The molecule has 230 valence electrons. The van der Waals surface area contributed by atoms with Crippen LogP contribution < -0.4 is 4.90 Å². The molecule has 5 atom stereocenters. The summed E-state index contributed by atoms with van der Waals surface area (Å²) in [6.07, 6.45) is 5.30. The quantitative estimate of drug-likeness (QED) is 0.198. The van der Waals surface area contributed by atoms with E-state index in [0.717, 1.165) is 39.5 Å². The molecule has 3 aliphatic rings. The molecule has 2 saturated carbocycles. The number of hydrogen-bond acceptors (Lipinski definition) is 2. The Morgan fingerprint density at radius 3 is 2.26 bits per heavy atom. The minimum absolute atomic E-state index is 0.0278. The van der Waals surface area contributed by atoms with E-state index in [1.54, 1.807) is 5.56 Å². The van der Waals surface area contributed by atoms with E-state index >= 15 is 0 Å². The Labute approximate surface area is 276 Å².